The Balaban J connectivity index is 1.72. The molecule has 1 aromatic carbocycles. The van der Waals surface area contributed by atoms with Crippen molar-refractivity contribution in [3.05, 3.63) is 107 Å². The lowest BCUT2D eigenvalue weighted by atomic mass is 10.0. The van der Waals surface area contributed by atoms with Crippen LogP contribution in [0.3, 0.4) is 0 Å². The summed E-state index contributed by atoms with van der Waals surface area (Å²) in [7, 11) is 0. The molecular formula is C26H23FN6. The van der Waals surface area contributed by atoms with Crippen LogP contribution in [0.1, 0.15) is 29.6 Å². The van der Waals surface area contributed by atoms with Gasteiger partial charge in [0.2, 0.25) is 0 Å². The number of imidazole rings is 1. The SMILES string of the molecule is C=C/C=C(/c1cccc(F)c1)c1nc(-c2n[nH]/c(=C/C=C(\C)c3cnccn3)c2=C)[nH]c1C. The zero-order valence-corrected chi connectivity index (χ0v) is 18.4. The molecule has 0 atom stereocenters. The zero-order chi connectivity index (χ0) is 23.4. The standard InChI is InChI=1S/C26H23FN6/c1-5-7-21(19-8-6-9-20(27)14-19)25-18(4)30-26(31-25)24-17(3)22(32-33-24)11-10-16(2)23-15-28-12-13-29-23/h5-15,32H,1,3H2,2,4H3,(H,30,31)/b16-10+,21-7-,22-11+. The average Bonchev–Trinajstić information content (AvgIpc) is 3.38. The van der Waals surface area contributed by atoms with Crippen LogP contribution >= 0.6 is 0 Å². The molecule has 4 rings (SSSR count). The van der Waals surface area contributed by atoms with Crippen LogP contribution in [0.5, 0.6) is 0 Å². The fourth-order valence-corrected chi connectivity index (χ4v) is 3.43. The van der Waals surface area contributed by atoms with Crippen molar-refractivity contribution in [2.45, 2.75) is 13.8 Å². The normalized spacial score (nSPS) is 12.9. The third-order valence-electron chi connectivity index (χ3n) is 5.15. The van der Waals surface area contributed by atoms with Crippen molar-refractivity contribution in [1.29, 1.82) is 0 Å². The number of aromatic amines is 2. The Morgan fingerprint density at radius 3 is 2.76 bits per heavy atom. The van der Waals surface area contributed by atoms with E-state index in [1.807, 2.05) is 38.1 Å². The van der Waals surface area contributed by atoms with E-state index in [4.69, 9.17) is 4.98 Å². The highest BCUT2D eigenvalue weighted by Crippen LogP contribution is 2.27. The van der Waals surface area contributed by atoms with Gasteiger partial charge in [-0.3, -0.25) is 15.1 Å². The Kier molecular flexibility index (Phi) is 6.22. The number of nitrogens with one attached hydrogen (secondary N) is 2. The van der Waals surface area contributed by atoms with E-state index < -0.39 is 0 Å². The minimum absolute atomic E-state index is 0.312. The molecule has 6 nitrogen and oxygen atoms in total. The second kappa shape index (κ2) is 9.40. The molecule has 0 spiro atoms. The Hall–Kier alpha value is -4.39. The van der Waals surface area contributed by atoms with E-state index in [2.05, 4.69) is 38.3 Å². The fraction of sp³-hybridized carbons (Fsp3) is 0.0769. The van der Waals surface area contributed by atoms with Crippen LogP contribution in [0.2, 0.25) is 0 Å². The molecule has 2 N–H and O–H groups in total. The van der Waals surface area contributed by atoms with Gasteiger partial charge in [-0.25, -0.2) is 9.37 Å². The number of hydrogen-bond donors (Lipinski definition) is 2. The van der Waals surface area contributed by atoms with E-state index in [0.717, 1.165) is 27.9 Å². The summed E-state index contributed by atoms with van der Waals surface area (Å²) >= 11 is 0. The van der Waals surface area contributed by atoms with Gasteiger partial charge in [0.15, 0.2) is 5.82 Å². The van der Waals surface area contributed by atoms with Crippen molar-refractivity contribution >= 4 is 23.8 Å². The Bertz CT molecular complexity index is 1470. The molecule has 3 aromatic heterocycles. The van der Waals surface area contributed by atoms with Crippen LogP contribution in [0.15, 0.2) is 67.7 Å². The Morgan fingerprint density at radius 2 is 2.03 bits per heavy atom. The van der Waals surface area contributed by atoms with Gasteiger partial charge in [0, 0.05) is 28.9 Å². The molecule has 33 heavy (non-hydrogen) atoms. The van der Waals surface area contributed by atoms with Crippen LogP contribution in [-0.4, -0.2) is 30.1 Å². The minimum atomic E-state index is -0.312. The van der Waals surface area contributed by atoms with E-state index in [0.29, 0.717) is 28.0 Å². The third-order valence-corrected chi connectivity index (χ3v) is 5.15. The molecule has 0 bridgehead atoms. The summed E-state index contributed by atoms with van der Waals surface area (Å²) in [6.07, 6.45) is 12.3. The third kappa shape index (κ3) is 4.62. The van der Waals surface area contributed by atoms with E-state index >= 15 is 0 Å². The predicted octanol–water partition coefficient (Wildman–Crippen LogP) is 3.95. The first-order valence-electron chi connectivity index (χ1n) is 10.3. The van der Waals surface area contributed by atoms with Crippen molar-refractivity contribution < 1.29 is 4.39 Å². The Morgan fingerprint density at radius 1 is 1.18 bits per heavy atom. The van der Waals surface area contributed by atoms with Crippen molar-refractivity contribution in [1.82, 2.24) is 30.1 Å². The molecule has 0 unspecified atom stereocenters. The molecule has 0 saturated heterocycles. The largest absolute Gasteiger partial charge is 0.340 e. The minimum Gasteiger partial charge on any atom is -0.340 e. The van der Waals surface area contributed by atoms with Gasteiger partial charge in [-0.1, -0.05) is 43.5 Å². The average molecular weight is 439 g/mol. The predicted molar refractivity (Wildman–Crippen MR) is 130 cm³/mol. The molecular weight excluding hydrogens is 415 g/mol. The summed E-state index contributed by atoms with van der Waals surface area (Å²) in [5, 5.41) is 8.89. The molecule has 0 radical (unpaired) electrons. The smallest absolute Gasteiger partial charge is 0.159 e. The van der Waals surface area contributed by atoms with E-state index in [-0.39, 0.29) is 5.82 Å². The lowest BCUT2D eigenvalue weighted by Crippen LogP contribution is -2.21. The first kappa shape index (κ1) is 21.8. The number of allylic oxidation sites excluding steroid dienone is 4. The van der Waals surface area contributed by atoms with Gasteiger partial charge in [0.1, 0.15) is 11.5 Å². The molecule has 4 aromatic rings. The molecule has 164 valence electrons. The molecule has 0 amide bonds. The van der Waals surface area contributed by atoms with E-state index in [9.17, 15) is 4.39 Å². The second-order valence-corrected chi connectivity index (χ2v) is 7.46. The maximum atomic E-state index is 13.8. The van der Waals surface area contributed by atoms with Crippen LogP contribution in [0.4, 0.5) is 4.39 Å². The highest BCUT2D eigenvalue weighted by Gasteiger charge is 2.16. The monoisotopic (exact) mass is 438 g/mol. The van der Waals surface area contributed by atoms with Gasteiger partial charge in [0.25, 0.3) is 0 Å². The van der Waals surface area contributed by atoms with Crippen LogP contribution in [0, 0.1) is 12.7 Å². The van der Waals surface area contributed by atoms with Crippen molar-refractivity contribution in [2.75, 3.05) is 0 Å². The molecule has 3 heterocycles. The number of nitrogens with zero attached hydrogens (tertiary/aromatic N) is 4. The molecule has 0 aliphatic rings. The number of halogens is 1. The molecule has 7 heteroatoms. The quantitative estimate of drug-likeness (QED) is 0.447. The summed E-state index contributed by atoms with van der Waals surface area (Å²) in [4.78, 5) is 16.4. The second-order valence-electron chi connectivity index (χ2n) is 7.46. The zero-order valence-electron chi connectivity index (χ0n) is 18.4. The van der Waals surface area contributed by atoms with Crippen LogP contribution < -0.4 is 10.6 Å². The summed E-state index contributed by atoms with van der Waals surface area (Å²) in [6, 6.07) is 6.40. The molecule has 0 aliphatic carbocycles. The summed E-state index contributed by atoms with van der Waals surface area (Å²) in [6.45, 7) is 11.8. The van der Waals surface area contributed by atoms with Crippen LogP contribution in [0.25, 0.3) is 35.3 Å². The number of H-pyrrole nitrogens is 2. The fourth-order valence-electron chi connectivity index (χ4n) is 3.43. The van der Waals surface area contributed by atoms with Crippen LogP contribution in [-0.2, 0) is 0 Å². The van der Waals surface area contributed by atoms with Crippen molar-refractivity contribution in [2.24, 2.45) is 0 Å². The number of hydrogen-bond acceptors (Lipinski definition) is 4. The van der Waals surface area contributed by atoms with Gasteiger partial charge in [-0.2, -0.15) is 5.10 Å². The first-order valence-corrected chi connectivity index (χ1v) is 10.3. The van der Waals surface area contributed by atoms with Crippen molar-refractivity contribution in [3.63, 3.8) is 0 Å². The van der Waals surface area contributed by atoms with Crippen molar-refractivity contribution in [3.8, 4) is 11.5 Å². The van der Waals surface area contributed by atoms with Gasteiger partial charge < -0.3 is 4.98 Å². The number of aryl methyl sites for hydroxylation is 1. The molecule has 0 fully saturated rings. The van der Waals surface area contributed by atoms with Gasteiger partial charge in [-0.05, 0) is 43.2 Å². The number of rotatable bonds is 6. The Labute approximate surface area is 190 Å². The number of aromatic nitrogens is 6. The summed E-state index contributed by atoms with van der Waals surface area (Å²) < 4.78 is 13.8. The topological polar surface area (TPSA) is 83.1 Å². The summed E-state index contributed by atoms with van der Waals surface area (Å²) in [5.41, 5.74) is 5.37. The van der Waals surface area contributed by atoms with Gasteiger partial charge >= 0.3 is 0 Å². The lowest BCUT2D eigenvalue weighted by Gasteiger charge is -2.06. The lowest BCUT2D eigenvalue weighted by molar-refractivity contribution is 0.627. The number of benzene rings is 1. The summed E-state index contributed by atoms with van der Waals surface area (Å²) in [5.74, 6) is 0.262. The first-order chi connectivity index (χ1) is 16.0. The molecule has 0 saturated carbocycles. The molecule has 0 aliphatic heterocycles. The van der Waals surface area contributed by atoms with Gasteiger partial charge in [0.05, 0.1) is 22.9 Å². The van der Waals surface area contributed by atoms with E-state index in [1.54, 1.807) is 30.7 Å². The van der Waals surface area contributed by atoms with Gasteiger partial charge in [-0.15, -0.1) is 0 Å². The maximum absolute atomic E-state index is 13.8. The van der Waals surface area contributed by atoms with E-state index in [1.165, 1.54) is 12.1 Å². The maximum Gasteiger partial charge on any atom is 0.159 e. The highest BCUT2D eigenvalue weighted by atomic mass is 19.1. The highest BCUT2D eigenvalue weighted by molar-refractivity contribution is 5.81.